The molecular formula is C15H28N2O4. The van der Waals surface area contributed by atoms with E-state index in [4.69, 9.17) is 0 Å². The molecule has 0 saturated carbocycles. The molecule has 21 heavy (non-hydrogen) atoms. The van der Waals surface area contributed by atoms with Crippen molar-refractivity contribution < 1.29 is 19.2 Å². The van der Waals surface area contributed by atoms with E-state index in [9.17, 15) is 14.4 Å². The van der Waals surface area contributed by atoms with E-state index < -0.39 is 17.9 Å². The quantitative estimate of drug-likeness (QED) is 0.478. The number of amides is 2. The SMILES string of the molecule is CCCCCCCCCC(=O)N[C@@H](C)C(=O)NOC(C)=O. The average molecular weight is 300 g/mol. The largest absolute Gasteiger partial charge is 0.344 e. The number of carbonyl (C=O) groups is 3. The van der Waals surface area contributed by atoms with Gasteiger partial charge in [0, 0.05) is 13.3 Å². The lowest BCUT2D eigenvalue weighted by Crippen LogP contribution is -2.45. The fourth-order valence-corrected chi connectivity index (χ4v) is 1.83. The van der Waals surface area contributed by atoms with Gasteiger partial charge >= 0.3 is 5.97 Å². The van der Waals surface area contributed by atoms with Crippen LogP contribution in [0.15, 0.2) is 0 Å². The Morgan fingerprint density at radius 1 is 1.00 bits per heavy atom. The molecule has 0 unspecified atom stereocenters. The number of unbranched alkanes of at least 4 members (excludes halogenated alkanes) is 6. The fraction of sp³-hybridized carbons (Fsp3) is 0.800. The van der Waals surface area contributed by atoms with Gasteiger partial charge in [-0.2, -0.15) is 5.48 Å². The summed E-state index contributed by atoms with van der Waals surface area (Å²) in [5, 5.41) is 2.57. The Bertz CT molecular complexity index is 332. The van der Waals surface area contributed by atoms with Crippen molar-refractivity contribution in [3.63, 3.8) is 0 Å². The Morgan fingerprint density at radius 2 is 1.57 bits per heavy atom. The molecule has 0 saturated heterocycles. The zero-order valence-corrected chi connectivity index (χ0v) is 13.4. The predicted molar refractivity (Wildman–Crippen MR) is 80.1 cm³/mol. The van der Waals surface area contributed by atoms with Gasteiger partial charge in [-0.1, -0.05) is 45.4 Å². The number of carbonyl (C=O) groups excluding carboxylic acids is 3. The van der Waals surface area contributed by atoms with Crippen LogP contribution in [0.4, 0.5) is 0 Å². The van der Waals surface area contributed by atoms with Gasteiger partial charge in [0.2, 0.25) is 5.91 Å². The van der Waals surface area contributed by atoms with Crippen LogP contribution >= 0.6 is 0 Å². The zero-order valence-electron chi connectivity index (χ0n) is 13.4. The second-order valence-electron chi connectivity index (χ2n) is 5.22. The minimum Gasteiger partial charge on any atom is -0.344 e. The number of hydroxylamine groups is 1. The van der Waals surface area contributed by atoms with Crippen molar-refractivity contribution >= 4 is 17.8 Å². The van der Waals surface area contributed by atoms with Crippen LogP contribution in [-0.2, 0) is 19.2 Å². The summed E-state index contributed by atoms with van der Waals surface area (Å²) < 4.78 is 0. The molecule has 0 aromatic heterocycles. The average Bonchev–Trinajstić information content (AvgIpc) is 2.43. The van der Waals surface area contributed by atoms with Crippen LogP contribution in [0, 0.1) is 0 Å². The topological polar surface area (TPSA) is 84.5 Å². The van der Waals surface area contributed by atoms with Crippen LogP contribution in [-0.4, -0.2) is 23.8 Å². The third kappa shape index (κ3) is 11.9. The van der Waals surface area contributed by atoms with Gasteiger partial charge in [0.25, 0.3) is 5.91 Å². The second kappa shape index (κ2) is 12.2. The van der Waals surface area contributed by atoms with E-state index >= 15 is 0 Å². The molecule has 0 aromatic carbocycles. The van der Waals surface area contributed by atoms with E-state index in [1.54, 1.807) is 6.92 Å². The maximum Gasteiger partial charge on any atom is 0.329 e. The molecule has 0 fully saturated rings. The normalized spacial score (nSPS) is 11.6. The summed E-state index contributed by atoms with van der Waals surface area (Å²) in [6, 6.07) is -0.721. The zero-order chi connectivity index (χ0) is 16.1. The highest BCUT2D eigenvalue weighted by Crippen LogP contribution is 2.08. The molecule has 0 heterocycles. The number of rotatable bonds is 10. The van der Waals surface area contributed by atoms with Gasteiger partial charge in [0.1, 0.15) is 6.04 Å². The lowest BCUT2D eigenvalue weighted by atomic mass is 10.1. The van der Waals surface area contributed by atoms with Crippen molar-refractivity contribution in [3.8, 4) is 0 Å². The monoisotopic (exact) mass is 300 g/mol. The Morgan fingerprint density at radius 3 is 2.14 bits per heavy atom. The summed E-state index contributed by atoms with van der Waals surface area (Å²) in [7, 11) is 0. The van der Waals surface area contributed by atoms with Gasteiger partial charge in [-0.05, 0) is 13.3 Å². The Labute approximate surface area is 127 Å². The van der Waals surface area contributed by atoms with Crippen molar-refractivity contribution in [2.24, 2.45) is 0 Å². The van der Waals surface area contributed by atoms with E-state index in [1.807, 2.05) is 5.48 Å². The van der Waals surface area contributed by atoms with Gasteiger partial charge in [-0.25, -0.2) is 0 Å². The van der Waals surface area contributed by atoms with Gasteiger partial charge in [-0.3, -0.25) is 14.4 Å². The Balaban J connectivity index is 3.64. The molecule has 1 atom stereocenters. The van der Waals surface area contributed by atoms with Crippen molar-refractivity contribution in [1.29, 1.82) is 0 Å². The van der Waals surface area contributed by atoms with Gasteiger partial charge in [0.15, 0.2) is 0 Å². The summed E-state index contributed by atoms with van der Waals surface area (Å²) in [6.07, 6.45) is 8.41. The maximum absolute atomic E-state index is 11.6. The molecule has 6 heteroatoms. The summed E-state index contributed by atoms with van der Waals surface area (Å²) >= 11 is 0. The summed E-state index contributed by atoms with van der Waals surface area (Å²) in [5.41, 5.74) is 1.98. The predicted octanol–water partition coefficient (Wildman–Crippen LogP) is 2.23. The molecule has 0 aliphatic carbocycles. The molecule has 0 radical (unpaired) electrons. The molecule has 0 aromatic rings. The van der Waals surface area contributed by atoms with Gasteiger partial charge in [-0.15, -0.1) is 0 Å². The van der Waals surface area contributed by atoms with Crippen LogP contribution in [0.25, 0.3) is 0 Å². The highest BCUT2D eigenvalue weighted by atomic mass is 16.7. The van der Waals surface area contributed by atoms with Crippen LogP contribution in [0.1, 0.15) is 72.1 Å². The molecule has 0 aliphatic rings. The smallest absolute Gasteiger partial charge is 0.329 e. The first kappa shape index (κ1) is 19.4. The van der Waals surface area contributed by atoms with Crippen LogP contribution in [0.5, 0.6) is 0 Å². The molecule has 0 bridgehead atoms. The minimum absolute atomic E-state index is 0.158. The molecular weight excluding hydrogens is 272 g/mol. The van der Waals surface area contributed by atoms with E-state index in [1.165, 1.54) is 32.6 Å². The van der Waals surface area contributed by atoms with Crippen LogP contribution in [0.2, 0.25) is 0 Å². The van der Waals surface area contributed by atoms with Gasteiger partial charge < -0.3 is 10.2 Å². The number of hydrogen-bond acceptors (Lipinski definition) is 4. The highest BCUT2D eigenvalue weighted by Gasteiger charge is 2.16. The Hall–Kier alpha value is -1.59. The van der Waals surface area contributed by atoms with Crippen molar-refractivity contribution in [3.05, 3.63) is 0 Å². The van der Waals surface area contributed by atoms with Crippen LogP contribution in [0.3, 0.4) is 0 Å². The maximum atomic E-state index is 11.6. The molecule has 2 N–H and O–H groups in total. The Kier molecular flexibility index (Phi) is 11.3. The summed E-state index contributed by atoms with van der Waals surface area (Å²) in [6.45, 7) is 4.91. The first-order valence-electron chi connectivity index (χ1n) is 7.74. The van der Waals surface area contributed by atoms with Crippen LogP contribution < -0.4 is 10.8 Å². The minimum atomic E-state index is -0.721. The summed E-state index contributed by atoms with van der Waals surface area (Å²) in [5.74, 6) is -1.31. The van der Waals surface area contributed by atoms with Crippen molar-refractivity contribution in [2.75, 3.05) is 0 Å². The van der Waals surface area contributed by atoms with E-state index in [2.05, 4.69) is 17.1 Å². The lowest BCUT2D eigenvalue weighted by Gasteiger charge is -2.13. The van der Waals surface area contributed by atoms with E-state index in [-0.39, 0.29) is 5.91 Å². The summed E-state index contributed by atoms with van der Waals surface area (Å²) in [4.78, 5) is 38.0. The van der Waals surface area contributed by atoms with E-state index in [0.717, 1.165) is 19.3 Å². The first-order valence-corrected chi connectivity index (χ1v) is 7.74. The molecule has 0 rings (SSSR count). The first-order chi connectivity index (χ1) is 9.97. The molecule has 0 aliphatic heterocycles. The second-order valence-corrected chi connectivity index (χ2v) is 5.22. The number of hydrogen-bond donors (Lipinski definition) is 2. The molecule has 122 valence electrons. The fourth-order valence-electron chi connectivity index (χ4n) is 1.83. The van der Waals surface area contributed by atoms with Crippen molar-refractivity contribution in [1.82, 2.24) is 10.8 Å². The van der Waals surface area contributed by atoms with E-state index in [0.29, 0.717) is 6.42 Å². The standard InChI is InChI=1S/C15H28N2O4/c1-4-5-6-7-8-9-10-11-14(19)16-12(2)15(20)17-21-13(3)18/h12H,4-11H2,1-3H3,(H,16,19)(H,17,20)/t12-/m0/s1. The third-order valence-electron chi connectivity index (χ3n) is 3.07. The van der Waals surface area contributed by atoms with Gasteiger partial charge in [0.05, 0.1) is 0 Å². The third-order valence-corrected chi connectivity index (χ3v) is 3.07. The molecule has 0 spiro atoms. The number of nitrogens with one attached hydrogen (secondary N) is 2. The molecule has 2 amide bonds. The van der Waals surface area contributed by atoms with Crippen molar-refractivity contribution in [2.45, 2.75) is 78.2 Å². The highest BCUT2D eigenvalue weighted by molar-refractivity contribution is 5.87. The lowest BCUT2D eigenvalue weighted by molar-refractivity contribution is -0.156. The molecule has 6 nitrogen and oxygen atoms in total.